The highest BCUT2D eigenvalue weighted by Crippen LogP contribution is 2.33. The number of rotatable bonds is 3. The van der Waals surface area contributed by atoms with Crippen molar-refractivity contribution in [3.63, 3.8) is 0 Å². The lowest BCUT2D eigenvalue weighted by molar-refractivity contribution is 0.0276. The summed E-state index contributed by atoms with van der Waals surface area (Å²) in [5, 5.41) is 0. The van der Waals surface area contributed by atoms with Gasteiger partial charge in [-0.05, 0) is 50.5 Å². The second-order valence-corrected chi connectivity index (χ2v) is 6.66. The van der Waals surface area contributed by atoms with E-state index in [-0.39, 0.29) is 0 Å². The first-order valence-electron chi connectivity index (χ1n) is 7.61. The van der Waals surface area contributed by atoms with Gasteiger partial charge in [0.05, 0.1) is 0 Å². The maximum absolute atomic E-state index is 6.39. The molecule has 0 aromatic heterocycles. The molecule has 1 saturated heterocycles. The minimum atomic E-state index is 0.394. The van der Waals surface area contributed by atoms with E-state index < -0.39 is 0 Å². The second-order valence-electron chi connectivity index (χ2n) is 6.66. The van der Waals surface area contributed by atoms with E-state index in [9.17, 15) is 0 Å². The average Bonchev–Trinajstić information content (AvgIpc) is 2.34. The van der Waals surface area contributed by atoms with Gasteiger partial charge in [-0.25, -0.2) is 0 Å². The molecular formula is C15H30N2O. The minimum Gasteiger partial charge on any atom is -0.381 e. The maximum Gasteiger partial charge on any atom is 0.0480 e. The van der Waals surface area contributed by atoms with Gasteiger partial charge in [-0.3, -0.25) is 0 Å². The molecule has 4 atom stereocenters. The monoisotopic (exact) mass is 254 g/mol. The summed E-state index contributed by atoms with van der Waals surface area (Å²) < 4.78 is 5.44. The average molecular weight is 254 g/mol. The molecule has 2 N–H and O–H groups in total. The van der Waals surface area contributed by atoms with Crippen LogP contribution in [0.1, 0.15) is 39.5 Å². The molecule has 1 aliphatic heterocycles. The van der Waals surface area contributed by atoms with Crippen molar-refractivity contribution in [2.75, 3.05) is 26.8 Å². The van der Waals surface area contributed by atoms with Crippen LogP contribution in [0.5, 0.6) is 0 Å². The summed E-state index contributed by atoms with van der Waals surface area (Å²) in [7, 11) is 2.27. The summed E-state index contributed by atoms with van der Waals surface area (Å²) in [6.07, 6.45) is 4.92. The summed E-state index contributed by atoms with van der Waals surface area (Å²) in [4.78, 5) is 2.54. The molecule has 1 heterocycles. The number of hydrogen-bond acceptors (Lipinski definition) is 3. The van der Waals surface area contributed by atoms with Crippen LogP contribution in [0.15, 0.2) is 0 Å². The summed E-state index contributed by atoms with van der Waals surface area (Å²) >= 11 is 0. The first kappa shape index (κ1) is 14.3. The molecule has 18 heavy (non-hydrogen) atoms. The number of hydrogen-bond donors (Lipinski definition) is 1. The summed E-state index contributed by atoms with van der Waals surface area (Å²) in [6, 6.07) is 1.10. The van der Waals surface area contributed by atoms with Crippen LogP contribution >= 0.6 is 0 Å². The summed E-state index contributed by atoms with van der Waals surface area (Å²) in [5.41, 5.74) is 6.39. The van der Waals surface area contributed by atoms with Gasteiger partial charge in [-0.1, -0.05) is 13.8 Å². The summed E-state index contributed by atoms with van der Waals surface area (Å²) in [6.45, 7) is 7.75. The minimum absolute atomic E-state index is 0.394. The highest BCUT2D eigenvalue weighted by molar-refractivity contribution is 4.88. The van der Waals surface area contributed by atoms with E-state index in [1.54, 1.807) is 0 Å². The molecule has 0 amide bonds. The standard InChI is InChI=1S/C15H30N2O/c1-11-8-12(2)14(15(16)9-11)10-17(3)13-4-6-18-7-5-13/h11-15H,4-10,16H2,1-3H3. The van der Waals surface area contributed by atoms with Crippen LogP contribution < -0.4 is 5.73 Å². The molecule has 3 nitrogen and oxygen atoms in total. The quantitative estimate of drug-likeness (QED) is 0.838. The zero-order valence-electron chi connectivity index (χ0n) is 12.3. The molecule has 3 heteroatoms. The van der Waals surface area contributed by atoms with Crippen molar-refractivity contribution >= 4 is 0 Å². The third-order valence-corrected chi connectivity index (χ3v) is 5.04. The van der Waals surface area contributed by atoms with Crippen molar-refractivity contribution < 1.29 is 4.74 Å². The predicted molar refractivity (Wildman–Crippen MR) is 75.5 cm³/mol. The molecule has 0 bridgehead atoms. The zero-order chi connectivity index (χ0) is 13.1. The molecule has 0 aromatic rings. The van der Waals surface area contributed by atoms with Gasteiger partial charge in [-0.2, -0.15) is 0 Å². The Morgan fingerprint density at radius 2 is 1.83 bits per heavy atom. The molecule has 0 radical (unpaired) electrons. The first-order chi connectivity index (χ1) is 8.58. The van der Waals surface area contributed by atoms with Crippen LogP contribution in [0, 0.1) is 17.8 Å². The van der Waals surface area contributed by atoms with Crippen molar-refractivity contribution in [2.45, 2.75) is 51.6 Å². The van der Waals surface area contributed by atoms with E-state index in [0.717, 1.165) is 25.0 Å². The predicted octanol–water partition coefficient (Wildman–Crippen LogP) is 2.11. The zero-order valence-corrected chi connectivity index (χ0v) is 12.3. The molecule has 106 valence electrons. The SMILES string of the molecule is CC1CC(C)C(CN(C)C2CCOCC2)C(N)C1. The van der Waals surface area contributed by atoms with Crippen LogP contribution in [-0.4, -0.2) is 43.8 Å². The van der Waals surface area contributed by atoms with Gasteiger partial charge in [0.2, 0.25) is 0 Å². The van der Waals surface area contributed by atoms with Crippen LogP contribution in [-0.2, 0) is 4.74 Å². The van der Waals surface area contributed by atoms with Gasteiger partial charge in [0, 0.05) is 31.8 Å². The number of nitrogens with two attached hydrogens (primary N) is 1. The molecule has 0 spiro atoms. The van der Waals surface area contributed by atoms with Crippen molar-refractivity contribution in [3.05, 3.63) is 0 Å². The van der Waals surface area contributed by atoms with E-state index >= 15 is 0 Å². The lowest BCUT2D eigenvalue weighted by Gasteiger charge is -2.42. The molecule has 2 fully saturated rings. The Bertz CT molecular complexity index is 241. The molecule has 1 saturated carbocycles. The van der Waals surface area contributed by atoms with E-state index in [4.69, 9.17) is 10.5 Å². The van der Waals surface area contributed by atoms with Gasteiger partial charge in [0.15, 0.2) is 0 Å². The number of ether oxygens (including phenoxy) is 1. The largest absolute Gasteiger partial charge is 0.381 e. The summed E-state index contributed by atoms with van der Waals surface area (Å²) in [5.74, 6) is 2.25. The van der Waals surface area contributed by atoms with Gasteiger partial charge in [0.1, 0.15) is 0 Å². The maximum atomic E-state index is 6.39. The topological polar surface area (TPSA) is 38.5 Å². The molecule has 2 aliphatic rings. The van der Waals surface area contributed by atoms with Crippen LogP contribution in [0.25, 0.3) is 0 Å². The molecule has 2 rings (SSSR count). The van der Waals surface area contributed by atoms with Gasteiger partial charge >= 0.3 is 0 Å². The fourth-order valence-corrected chi connectivity index (χ4v) is 3.89. The fraction of sp³-hybridized carbons (Fsp3) is 1.00. The second kappa shape index (κ2) is 6.36. The lowest BCUT2D eigenvalue weighted by Crippen LogP contribution is -2.48. The Kier molecular flexibility index (Phi) is 5.05. The van der Waals surface area contributed by atoms with Crippen molar-refractivity contribution in [3.8, 4) is 0 Å². The lowest BCUT2D eigenvalue weighted by atomic mass is 9.72. The van der Waals surface area contributed by atoms with Gasteiger partial charge in [-0.15, -0.1) is 0 Å². The first-order valence-corrected chi connectivity index (χ1v) is 7.61. The van der Waals surface area contributed by atoms with Crippen molar-refractivity contribution in [1.29, 1.82) is 0 Å². The van der Waals surface area contributed by atoms with Crippen LogP contribution in [0.2, 0.25) is 0 Å². The van der Waals surface area contributed by atoms with Gasteiger partial charge < -0.3 is 15.4 Å². The Hall–Kier alpha value is -0.120. The van der Waals surface area contributed by atoms with Crippen molar-refractivity contribution in [2.24, 2.45) is 23.5 Å². The Labute approximate surface area is 112 Å². The van der Waals surface area contributed by atoms with Gasteiger partial charge in [0.25, 0.3) is 0 Å². The Balaban J connectivity index is 1.87. The van der Waals surface area contributed by atoms with E-state index in [1.807, 2.05) is 0 Å². The Morgan fingerprint density at radius 1 is 1.17 bits per heavy atom. The highest BCUT2D eigenvalue weighted by Gasteiger charge is 2.33. The molecule has 0 aromatic carbocycles. The van der Waals surface area contributed by atoms with E-state index in [1.165, 1.54) is 32.2 Å². The van der Waals surface area contributed by atoms with E-state index in [2.05, 4.69) is 25.8 Å². The van der Waals surface area contributed by atoms with E-state index in [0.29, 0.717) is 18.0 Å². The molecule has 1 aliphatic carbocycles. The highest BCUT2D eigenvalue weighted by atomic mass is 16.5. The van der Waals surface area contributed by atoms with Crippen molar-refractivity contribution in [1.82, 2.24) is 4.90 Å². The van der Waals surface area contributed by atoms with Crippen LogP contribution in [0.3, 0.4) is 0 Å². The fourth-order valence-electron chi connectivity index (χ4n) is 3.89. The third kappa shape index (κ3) is 3.46. The third-order valence-electron chi connectivity index (χ3n) is 5.04. The smallest absolute Gasteiger partial charge is 0.0480 e. The number of nitrogens with zero attached hydrogens (tertiary/aromatic N) is 1. The Morgan fingerprint density at radius 3 is 2.44 bits per heavy atom. The normalized spacial score (nSPS) is 39.2. The molecule has 4 unspecified atom stereocenters. The molecular weight excluding hydrogens is 224 g/mol. The van der Waals surface area contributed by atoms with Crippen LogP contribution in [0.4, 0.5) is 0 Å².